The van der Waals surface area contributed by atoms with Crippen LogP contribution in [0.3, 0.4) is 0 Å². The van der Waals surface area contributed by atoms with Crippen LogP contribution in [0.5, 0.6) is 0 Å². The quantitative estimate of drug-likeness (QED) is 0.346. The first kappa shape index (κ1) is 26.8. The molecular formula is C35H40N8O3. The van der Waals surface area contributed by atoms with E-state index in [4.69, 9.17) is 7.48 Å². The summed E-state index contributed by atoms with van der Waals surface area (Å²) in [6, 6.07) is 14.1. The Morgan fingerprint density at radius 1 is 1.09 bits per heavy atom. The second-order valence-corrected chi connectivity index (χ2v) is 13.0. The number of ether oxygens (including phenoxy) is 1. The van der Waals surface area contributed by atoms with E-state index in [1.165, 1.54) is 0 Å². The number of amides is 2. The SMILES string of the molecule is [2H]C([2H])(C(=O)N1CC=C(c2ccc(-c3ncn(C)n3)cc2)CC1)N1CC[C@]2(CCN(c3ccc4n[nH]c(C5CCOCC5)c4c3)C2=O)C1. The van der Waals surface area contributed by atoms with Gasteiger partial charge < -0.3 is 14.5 Å². The molecule has 2 aromatic carbocycles. The summed E-state index contributed by atoms with van der Waals surface area (Å²) in [5.41, 5.74) is 5.27. The van der Waals surface area contributed by atoms with Gasteiger partial charge in [-0.25, -0.2) is 4.98 Å². The van der Waals surface area contributed by atoms with Gasteiger partial charge in [0.1, 0.15) is 6.33 Å². The van der Waals surface area contributed by atoms with E-state index in [-0.39, 0.29) is 12.5 Å². The third-order valence-electron chi connectivity index (χ3n) is 10.2. The molecule has 2 aromatic heterocycles. The van der Waals surface area contributed by atoms with Crippen LogP contribution in [0.4, 0.5) is 5.69 Å². The highest BCUT2D eigenvalue weighted by molar-refractivity contribution is 6.02. The number of aromatic amines is 1. The van der Waals surface area contributed by atoms with Crippen molar-refractivity contribution in [1.82, 2.24) is 34.8 Å². The zero-order valence-electron chi connectivity index (χ0n) is 28.1. The van der Waals surface area contributed by atoms with Crippen molar-refractivity contribution in [1.29, 1.82) is 0 Å². The molecule has 0 aliphatic carbocycles. The molecule has 3 saturated heterocycles. The minimum atomic E-state index is -2.20. The van der Waals surface area contributed by atoms with Gasteiger partial charge in [-0.15, -0.1) is 0 Å². The molecule has 4 aromatic rings. The lowest BCUT2D eigenvalue weighted by Crippen LogP contribution is -2.43. The van der Waals surface area contributed by atoms with Crippen LogP contribution in [0.2, 0.25) is 0 Å². The van der Waals surface area contributed by atoms with Gasteiger partial charge in [0.05, 0.1) is 20.2 Å². The summed E-state index contributed by atoms with van der Waals surface area (Å²) < 4.78 is 25.1. The molecular weight excluding hydrogens is 580 g/mol. The first-order valence-electron chi connectivity index (χ1n) is 17.3. The lowest BCUT2D eigenvalue weighted by atomic mass is 9.85. The molecule has 11 heteroatoms. The minimum absolute atomic E-state index is 0.0131. The number of carbonyl (C=O) groups is 2. The number of nitrogens with one attached hydrogen (secondary N) is 1. The summed E-state index contributed by atoms with van der Waals surface area (Å²) in [6.45, 7) is 1.21. The van der Waals surface area contributed by atoms with Gasteiger partial charge in [0.2, 0.25) is 11.8 Å². The van der Waals surface area contributed by atoms with Crippen LogP contribution in [0.1, 0.15) is 52.0 Å². The van der Waals surface area contributed by atoms with Crippen LogP contribution >= 0.6 is 0 Å². The first-order chi connectivity index (χ1) is 23.2. The monoisotopic (exact) mass is 622 g/mol. The van der Waals surface area contributed by atoms with Crippen molar-refractivity contribution in [3.8, 4) is 11.4 Å². The van der Waals surface area contributed by atoms with Crippen molar-refractivity contribution < 1.29 is 17.1 Å². The molecule has 0 unspecified atom stereocenters. The Morgan fingerprint density at radius 3 is 2.65 bits per heavy atom. The van der Waals surface area contributed by atoms with Gasteiger partial charge in [-0.2, -0.15) is 10.2 Å². The third kappa shape index (κ3) is 5.31. The van der Waals surface area contributed by atoms with E-state index in [1.807, 2.05) is 54.4 Å². The largest absolute Gasteiger partial charge is 0.381 e. The van der Waals surface area contributed by atoms with Crippen LogP contribution in [0.15, 0.2) is 54.9 Å². The van der Waals surface area contributed by atoms with Crippen LogP contribution in [-0.2, 0) is 21.4 Å². The molecule has 8 rings (SSSR count). The number of carbonyl (C=O) groups excluding carboxylic acids is 2. The van der Waals surface area contributed by atoms with E-state index in [2.05, 4.69) is 26.3 Å². The molecule has 1 spiro atoms. The standard InChI is InChI=1S/C35H40N8O3/c1-40-23-36-33(39-40)27-4-2-24(3-5-27)25-8-14-42(15-9-25)31(44)21-41-16-12-35(22-41)13-17-43(34(35)45)28-6-7-30-29(20-28)32(38-37-30)26-10-18-46-19-11-26/h2-8,20,23,26H,9-19,21-22H2,1H3,(H,37,38)/t35-/m0/s1/i21D2. The Hall–Kier alpha value is -4.35. The van der Waals surface area contributed by atoms with E-state index < -0.39 is 17.8 Å². The molecule has 0 radical (unpaired) electrons. The average Bonchev–Trinajstić information content (AvgIpc) is 3.92. The van der Waals surface area contributed by atoms with Gasteiger partial charge in [-0.1, -0.05) is 30.3 Å². The topological polar surface area (TPSA) is 112 Å². The fraction of sp³-hybridized carbons (Fsp3) is 0.457. The molecule has 0 bridgehead atoms. The highest BCUT2D eigenvalue weighted by Gasteiger charge is 2.51. The lowest BCUT2D eigenvalue weighted by Gasteiger charge is -2.29. The zero-order valence-corrected chi connectivity index (χ0v) is 26.1. The van der Waals surface area contributed by atoms with Crippen LogP contribution in [-0.4, -0.2) is 99.0 Å². The molecule has 0 saturated carbocycles. The number of nitrogens with zero attached hydrogens (tertiary/aromatic N) is 7. The second-order valence-electron chi connectivity index (χ2n) is 13.0. The van der Waals surface area contributed by atoms with Crippen molar-refractivity contribution in [3.63, 3.8) is 0 Å². The lowest BCUT2D eigenvalue weighted by molar-refractivity contribution is -0.132. The third-order valence-corrected chi connectivity index (χ3v) is 10.2. The van der Waals surface area contributed by atoms with Crippen molar-refractivity contribution in [2.75, 3.05) is 57.3 Å². The fourth-order valence-electron chi connectivity index (χ4n) is 7.52. The summed E-state index contributed by atoms with van der Waals surface area (Å²) in [7, 11) is 1.84. The Bertz CT molecular complexity index is 1900. The Labute approximate surface area is 271 Å². The fourth-order valence-corrected chi connectivity index (χ4v) is 7.52. The summed E-state index contributed by atoms with van der Waals surface area (Å²) in [4.78, 5) is 37.0. The number of hydrogen-bond donors (Lipinski definition) is 1. The van der Waals surface area contributed by atoms with E-state index in [0.717, 1.165) is 65.0 Å². The molecule has 46 heavy (non-hydrogen) atoms. The second kappa shape index (κ2) is 11.8. The molecule has 11 nitrogen and oxygen atoms in total. The van der Waals surface area contributed by atoms with Crippen LogP contribution in [0.25, 0.3) is 27.9 Å². The molecule has 238 valence electrons. The Morgan fingerprint density at radius 2 is 1.89 bits per heavy atom. The highest BCUT2D eigenvalue weighted by atomic mass is 16.5. The summed E-state index contributed by atoms with van der Waals surface area (Å²) in [6.07, 6.45) is 7.37. The average molecular weight is 623 g/mol. The summed E-state index contributed by atoms with van der Waals surface area (Å²) in [5.74, 6) is 0.498. The molecule has 4 aliphatic heterocycles. The van der Waals surface area contributed by atoms with E-state index in [0.29, 0.717) is 57.2 Å². The zero-order chi connectivity index (χ0) is 33.0. The van der Waals surface area contributed by atoms with Gasteiger partial charge in [0, 0.05) is 74.7 Å². The molecule has 1 atom stereocenters. The number of benzene rings is 2. The molecule has 2 amide bonds. The maximum Gasteiger partial charge on any atom is 0.237 e. The molecule has 6 heterocycles. The predicted octanol–water partition coefficient (Wildman–Crippen LogP) is 4.00. The van der Waals surface area contributed by atoms with Gasteiger partial charge in [-0.05, 0) is 68.0 Å². The van der Waals surface area contributed by atoms with Crippen molar-refractivity contribution >= 4 is 34.0 Å². The van der Waals surface area contributed by atoms with Gasteiger partial charge in [0.15, 0.2) is 5.82 Å². The van der Waals surface area contributed by atoms with Gasteiger partial charge in [-0.3, -0.25) is 24.3 Å². The highest BCUT2D eigenvalue weighted by Crippen LogP contribution is 2.43. The number of aromatic nitrogens is 5. The van der Waals surface area contributed by atoms with Crippen molar-refractivity contribution in [2.45, 2.75) is 38.0 Å². The number of fused-ring (bicyclic) bond motifs is 1. The van der Waals surface area contributed by atoms with Crippen LogP contribution in [0, 0.1) is 5.41 Å². The van der Waals surface area contributed by atoms with E-state index in [1.54, 1.807) is 20.8 Å². The number of rotatable bonds is 6. The summed E-state index contributed by atoms with van der Waals surface area (Å²) >= 11 is 0. The van der Waals surface area contributed by atoms with Crippen LogP contribution < -0.4 is 4.90 Å². The first-order valence-corrected chi connectivity index (χ1v) is 16.3. The molecule has 1 N–H and O–H groups in total. The maximum absolute atomic E-state index is 14.0. The maximum atomic E-state index is 14.0. The van der Waals surface area contributed by atoms with E-state index >= 15 is 0 Å². The van der Waals surface area contributed by atoms with Crippen molar-refractivity contribution in [3.05, 3.63) is 66.1 Å². The number of H-pyrrole nitrogens is 1. The Kier molecular flexibility index (Phi) is 6.87. The van der Waals surface area contributed by atoms with E-state index in [9.17, 15) is 9.59 Å². The number of hydrogen-bond acceptors (Lipinski definition) is 7. The Balaban J connectivity index is 0.924. The number of anilines is 1. The summed E-state index contributed by atoms with van der Waals surface area (Å²) in [5, 5.41) is 13.2. The molecule has 4 aliphatic rings. The normalized spacial score (nSPS) is 23.8. The number of likely N-dealkylation sites (tertiary alicyclic amines) is 1. The molecule has 3 fully saturated rings. The van der Waals surface area contributed by atoms with Gasteiger partial charge in [0.25, 0.3) is 0 Å². The minimum Gasteiger partial charge on any atom is -0.381 e. The smallest absolute Gasteiger partial charge is 0.237 e. The number of aryl methyl sites for hydroxylation is 1. The van der Waals surface area contributed by atoms with Crippen molar-refractivity contribution in [2.24, 2.45) is 12.5 Å². The van der Waals surface area contributed by atoms with Gasteiger partial charge >= 0.3 is 0 Å². The predicted molar refractivity (Wildman–Crippen MR) is 175 cm³/mol.